The summed E-state index contributed by atoms with van der Waals surface area (Å²) in [7, 11) is 0. The first-order valence-corrected chi connectivity index (χ1v) is 7.64. The average Bonchev–Trinajstić information content (AvgIpc) is 2.76. The summed E-state index contributed by atoms with van der Waals surface area (Å²) < 4.78 is 2.28. The Morgan fingerprint density at radius 3 is 2.58 bits per heavy atom. The van der Waals surface area contributed by atoms with Crippen LogP contribution in [0.4, 0.5) is 5.95 Å². The second kappa shape index (κ2) is 8.20. The van der Waals surface area contributed by atoms with Gasteiger partial charge in [0.2, 0.25) is 5.95 Å². The molecule has 0 fully saturated rings. The third-order valence-electron chi connectivity index (χ3n) is 3.65. The highest BCUT2D eigenvalue weighted by atomic mass is 15.2. The average molecular weight is 266 g/mol. The fourth-order valence-corrected chi connectivity index (χ4v) is 2.43. The minimum atomic E-state index is 0.505. The lowest BCUT2D eigenvalue weighted by atomic mass is 10.1. The van der Waals surface area contributed by atoms with Crippen LogP contribution in [0.5, 0.6) is 0 Å². The van der Waals surface area contributed by atoms with Crippen molar-refractivity contribution in [2.75, 3.05) is 31.5 Å². The van der Waals surface area contributed by atoms with Gasteiger partial charge in [-0.1, -0.05) is 13.8 Å². The Hall–Kier alpha value is -1.03. The van der Waals surface area contributed by atoms with E-state index in [1.165, 1.54) is 19.4 Å². The number of anilines is 1. The second-order valence-corrected chi connectivity index (χ2v) is 5.16. The predicted octanol–water partition coefficient (Wildman–Crippen LogP) is 3.31. The van der Waals surface area contributed by atoms with Gasteiger partial charge in [0.15, 0.2) is 0 Å². The second-order valence-electron chi connectivity index (χ2n) is 5.16. The maximum atomic E-state index is 4.54. The van der Waals surface area contributed by atoms with Gasteiger partial charge in [-0.15, -0.1) is 0 Å². The number of imidazole rings is 1. The van der Waals surface area contributed by atoms with Crippen LogP contribution in [0.1, 0.15) is 52.3 Å². The van der Waals surface area contributed by atoms with Crippen LogP contribution >= 0.6 is 0 Å². The first-order valence-electron chi connectivity index (χ1n) is 7.64. The van der Waals surface area contributed by atoms with Crippen molar-refractivity contribution in [3.05, 3.63) is 11.9 Å². The van der Waals surface area contributed by atoms with Gasteiger partial charge in [0.1, 0.15) is 0 Å². The lowest BCUT2D eigenvalue weighted by Crippen LogP contribution is -2.24. The highest BCUT2D eigenvalue weighted by molar-refractivity contribution is 5.29. The van der Waals surface area contributed by atoms with Gasteiger partial charge in [-0.2, -0.15) is 0 Å². The van der Waals surface area contributed by atoms with Crippen LogP contribution in [0.25, 0.3) is 0 Å². The Bertz CT molecular complexity index is 355. The van der Waals surface area contributed by atoms with Gasteiger partial charge >= 0.3 is 0 Å². The predicted molar refractivity (Wildman–Crippen MR) is 82.9 cm³/mol. The van der Waals surface area contributed by atoms with Crippen molar-refractivity contribution >= 4 is 5.95 Å². The van der Waals surface area contributed by atoms with E-state index in [0.29, 0.717) is 6.04 Å². The first kappa shape index (κ1) is 16.0. The number of rotatable bonds is 9. The topological polar surface area (TPSA) is 33.1 Å². The number of aromatic nitrogens is 2. The quantitative estimate of drug-likeness (QED) is 0.744. The minimum Gasteiger partial charge on any atom is -0.356 e. The zero-order chi connectivity index (χ0) is 14.3. The van der Waals surface area contributed by atoms with E-state index in [2.05, 4.69) is 60.6 Å². The van der Waals surface area contributed by atoms with E-state index in [1.54, 1.807) is 0 Å². The number of hydrogen-bond donors (Lipinski definition) is 1. The summed E-state index contributed by atoms with van der Waals surface area (Å²) in [4.78, 5) is 7.02. The fourth-order valence-electron chi connectivity index (χ4n) is 2.43. The molecule has 1 unspecified atom stereocenters. The van der Waals surface area contributed by atoms with Crippen LogP contribution in [0, 0.1) is 6.92 Å². The maximum Gasteiger partial charge on any atom is 0.203 e. The standard InChI is InChI=1S/C15H30N4/c1-6-16-15-17-13(4)12-19(15)14(5)10-9-11-18(7-2)8-3/h12,14H,6-11H2,1-5H3,(H,16,17). The third-order valence-corrected chi connectivity index (χ3v) is 3.65. The molecule has 1 heterocycles. The van der Waals surface area contributed by atoms with Gasteiger partial charge < -0.3 is 14.8 Å². The van der Waals surface area contributed by atoms with Crippen molar-refractivity contribution in [2.45, 2.75) is 53.5 Å². The van der Waals surface area contributed by atoms with E-state index < -0.39 is 0 Å². The Kier molecular flexibility index (Phi) is 6.92. The van der Waals surface area contributed by atoms with Gasteiger partial charge in [0, 0.05) is 18.8 Å². The largest absolute Gasteiger partial charge is 0.356 e. The van der Waals surface area contributed by atoms with E-state index in [1.807, 2.05) is 0 Å². The number of aryl methyl sites for hydroxylation is 1. The summed E-state index contributed by atoms with van der Waals surface area (Å²) in [6.45, 7) is 15.3. The highest BCUT2D eigenvalue weighted by Crippen LogP contribution is 2.20. The molecule has 4 nitrogen and oxygen atoms in total. The Morgan fingerprint density at radius 2 is 2.00 bits per heavy atom. The summed E-state index contributed by atoms with van der Waals surface area (Å²) in [5, 5.41) is 3.34. The smallest absolute Gasteiger partial charge is 0.203 e. The summed E-state index contributed by atoms with van der Waals surface area (Å²) >= 11 is 0. The summed E-state index contributed by atoms with van der Waals surface area (Å²) in [5.41, 5.74) is 1.09. The minimum absolute atomic E-state index is 0.505. The fraction of sp³-hybridized carbons (Fsp3) is 0.800. The molecule has 1 atom stereocenters. The van der Waals surface area contributed by atoms with Crippen LogP contribution in [0.2, 0.25) is 0 Å². The van der Waals surface area contributed by atoms with Crippen molar-refractivity contribution in [1.29, 1.82) is 0 Å². The SMILES string of the molecule is CCNc1nc(C)cn1C(C)CCCN(CC)CC. The first-order chi connectivity index (χ1) is 9.12. The molecular formula is C15H30N4. The Labute approximate surface area is 118 Å². The molecule has 0 amide bonds. The van der Waals surface area contributed by atoms with Crippen molar-refractivity contribution in [2.24, 2.45) is 0 Å². The van der Waals surface area contributed by atoms with Gasteiger partial charge in [0.25, 0.3) is 0 Å². The molecule has 1 aromatic heterocycles. The number of nitrogens with one attached hydrogen (secondary N) is 1. The molecule has 0 radical (unpaired) electrons. The van der Waals surface area contributed by atoms with Crippen LogP contribution < -0.4 is 5.32 Å². The molecule has 1 rings (SSSR count). The summed E-state index contributed by atoms with van der Waals surface area (Å²) in [5.74, 6) is 1.01. The summed E-state index contributed by atoms with van der Waals surface area (Å²) in [6, 6.07) is 0.505. The molecular weight excluding hydrogens is 236 g/mol. The molecule has 1 N–H and O–H groups in total. The Morgan fingerprint density at radius 1 is 1.32 bits per heavy atom. The van der Waals surface area contributed by atoms with Gasteiger partial charge in [0.05, 0.1) is 5.69 Å². The van der Waals surface area contributed by atoms with E-state index in [-0.39, 0.29) is 0 Å². The molecule has 19 heavy (non-hydrogen) atoms. The highest BCUT2D eigenvalue weighted by Gasteiger charge is 2.11. The van der Waals surface area contributed by atoms with Crippen molar-refractivity contribution < 1.29 is 0 Å². The lowest BCUT2D eigenvalue weighted by Gasteiger charge is -2.20. The molecule has 0 saturated carbocycles. The van der Waals surface area contributed by atoms with E-state index >= 15 is 0 Å². The molecule has 0 aliphatic heterocycles. The van der Waals surface area contributed by atoms with Crippen LogP contribution in [0.3, 0.4) is 0 Å². The Balaban J connectivity index is 2.50. The maximum absolute atomic E-state index is 4.54. The molecule has 0 aliphatic rings. The number of hydrogen-bond acceptors (Lipinski definition) is 3. The van der Waals surface area contributed by atoms with Crippen molar-refractivity contribution in [3.63, 3.8) is 0 Å². The zero-order valence-corrected chi connectivity index (χ0v) is 13.2. The third kappa shape index (κ3) is 4.86. The van der Waals surface area contributed by atoms with Gasteiger partial charge in [-0.05, 0) is 53.2 Å². The monoisotopic (exact) mass is 266 g/mol. The molecule has 0 spiro atoms. The molecule has 0 aliphatic carbocycles. The van der Waals surface area contributed by atoms with Crippen LogP contribution in [-0.4, -0.2) is 40.6 Å². The summed E-state index contributed by atoms with van der Waals surface area (Å²) in [6.07, 6.45) is 4.59. The molecule has 4 heteroatoms. The van der Waals surface area contributed by atoms with Crippen molar-refractivity contribution in [3.8, 4) is 0 Å². The van der Waals surface area contributed by atoms with Crippen LogP contribution in [0.15, 0.2) is 6.20 Å². The molecule has 0 saturated heterocycles. The molecule has 1 aromatic rings. The van der Waals surface area contributed by atoms with Gasteiger partial charge in [-0.3, -0.25) is 0 Å². The number of nitrogens with zero attached hydrogens (tertiary/aromatic N) is 3. The van der Waals surface area contributed by atoms with Crippen LogP contribution in [-0.2, 0) is 0 Å². The lowest BCUT2D eigenvalue weighted by molar-refractivity contribution is 0.288. The zero-order valence-electron chi connectivity index (χ0n) is 13.2. The van der Waals surface area contributed by atoms with E-state index in [4.69, 9.17) is 0 Å². The van der Waals surface area contributed by atoms with Gasteiger partial charge in [-0.25, -0.2) is 4.98 Å². The van der Waals surface area contributed by atoms with E-state index in [0.717, 1.165) is 31.3 Å². The molecule has 110 valence electrons. The normalized spacial score (nSPS) is 12.9. The molecule has 0 bridgehead atoms. The molecule has 0 aromatic carbocycles. The van der Waals surface area contributed by atoms with Crippen molar-refractivity contribution in [1.82, 2.24) is 14.5 Å². The van der Waals surface area contributed by atoms with E-state index in [9.17, 15) is 0 Å².